The van der Waals surface area contributed by atoms with E-state index in [1.807, 2.05) is 25.1 Å². The number of hydrogen-bond acceptors (Lipinski definition) is 4. The summed E-state index contributed by atoms with van der Waals surface area (Å²) in [5.41, 5.74) is 1.90. The molecule has 6 nitrogen and oxygen atoms in total. The van der Waals surface area contributed by atoms with Gasteiger partial charge in [0.2, 0.25) is 0 Å². The number of ether oxygens (including phenoxy) is 2. The summed E-state index contributed by atoms with van der Waals surface area (Å²) in [6.07, 6.45) is 1.68. The molecule has 0 aliphatic carbocycles. The Kier molecular flexibility index (Phi) is 5.43. The van der Waals surface area contributed by atoms with Gasteiger partial charge in [-0.2, -0.15) is 5.10 Å². The van der Waals surface area contributed by atoms with Crippen LogP contribution in [-0.4, -0.2) is 22.8 Å². The highest BCUT2D eigenvalue weighted by Gasteiger charge is 2.13. The lowest BCUT2D eigenvalue weighted by molar-refractivity contribution is 0.102. The SMILES string of the molecule is COc1ccc(C)cc1NC(=O)c1ccn(COc2ccc(Cl)cc2)n1. The average Bonchev–Trinajstić information content (AvgIpc) is 3.11. The zero-order chi connectivity index (χ0) is 18.5. The second-order valence-corrected chi connectivity index (χ2v) is 6.06. The van der Waals surface area contributed by atoms with Crippen molar-refractivity contribution >= 4 is 23.2 Å². The minimum Gasteiger partial charge on any atom is -0.495 e. The van der Waals surface area contributed by atoms with Gasteiger partial charge in [-0.3, -0.25) is 4.79 Å². The summed E-state index contributed by atoms with van der Waals surface area (Å²) in [5, 5.41) is 7.69. The molecule has 3 aromatic rings. The highest BCUT2D eigenvalue weighted by molar-refractivity contribution is 6.30. The number of benzene rings is 2. The van der Waals surface area contributed by atoms with E-state index >= 15 is 0 Å². The first kappa shape index (κ1) is 17.8. The molecule has 7 heteroatoms. The Morgan fingerprint density at radius 3 is 2.69 bits per heavy atom. The number of aromatic nitrogens is 2. The lowest BCUT2D eigenvalue weighted by Crippen LogP contribution is -2.15. The van der Waals surface area contributed by atoms with Gasteiger partial charge in [0.25, 0.3) is 5.91 Å². The normalized spacial score (nSPS) is 10.4. The van der Waals surface area contributed by atoms with Crippen molar-refractivity contribution in [1.29, 1.82) is 0 Å². The van der Waals surface area contributed by atoms with Crippen molar-refractivity contribution in [1.82, 2.24) is 9.78 Å². The van der Waals surface area contributed by atoms with Crippen molar-refractivity contribution in [3.63, 3.8) is 0 Å². The summed E-state index contributed by atoms with van der Waals surface area (Å²) >= 11 is 5.84. The fourth-order valence-corrected chi connectivity index (χ4v) is 2.46. The number of methoxy groups -OCH3 is 1. The molecule has 1 aromatic heterocycles. The monoisotopic (exact) mass is 371 g/mol. The summed E-state index contributed by atoms with van der Waals surface area (Å²) in [5.74, 6) is 0.939. The maximum Gasteiger partial charge on any atom is 0.276 e. The van der Waals surface area contributed by atoms with Gasteiger partial charge in [0, 0.05) is 11.2 Å². The number of carbonyl (C=O) groups is 1. The Bertz CT molecular complexity index is 907. The minimum atomic E-state index is -0.320. The molecule has 1 N–H and O–H groups in total. The Balaban J connectivity index is 1.64. The summed E-state index contributed by atoms with van der Waals surface area (Å²) in [6.45, 7) is 2.13. The summed E-state index contributed by atoms with van der Waals surface area (Å²) < 4.78 is 12.4. The number of rotatable bonds is 6. The van der Waals surface area contributed by atoms with Gasteiger partial charge < -0.3 is 14.8 Å². The maximum atomic E-state index is 12.4. The molecule has 0 aliphatic heterocycles. The zero-order valence-corrected chi connectivity index (χ0v) is 15.2. The number of amides is 1. The van der Waals surface area contributed by atoms with Crippen molar-refractivity contribution in [3.8, 4) is 11.5 Å². The fraction of sp³-hybridized carbons (Fsp3) is 0.158. The van der Waals surface area contributed by atoms with E-state index in [4.69, 9.17) is 21.1 Å². The second-order valence-electron chi connectivity index (χ2n) is 5.63. The average molecular weight is 372 g/mol. The molecular weight excluding hydrogens is 354 g/mol. The molecule has 0 atom stereocenters. The van der Waals surface area contributed by atoms with Gasteiger partial charge in [-0.25, -0.2) is 4.68 Å². The number of aryl methyl sites for hydroxylation is 1. The first-order valence-electron chi connectivity index (χ1n) is 7.93. The predicted molar refractivity (Wildman–Crippen MR) is 100.0 cm³/mol. The number of nitrogens with zero attached hydrogens (tertiary/aromatic N) is 2. The molecule has 0 saturated heterocycles. The van der Waals surface area contributed by atoms with Crippen LogP contribution in [0.25, 0.3) is 0 Å². The number of hydrogen-bond donors (Lipinski definition) is 1. The molecule has 0 aliphatic rings. The van der Waals surface area contributed by atoms with E-state index in [1.165, 1.54) is 4.68 Å². The third kappa shape index (κ3) is 4.34. The van der Waals surface area contributed by atoms with E-state index in [9.17, 15) is 4.79 Å². The molecule has 1 amide bonds. The molecule has 26 heavy (non-hydrogen) atoms. The van der Waals surface area contributed by atoms with E-state index in [2.05, 4.69) is 10.4 Å². The van der Waals surface area contributed by atoms with Crippen LogP contribution in [0.15, 0.2) is 54.7 Å². The van der Waals surface area contributed by atoms with Gasteiger partial charge in [-0.15, -0.1) is 0 Å². The summed E-state index contributed by atoms with van der Waals surface area (Å²) in [6, 6.07) is 14.2. The molecule has 0 spiro atoms. The molecular formula is C19H18ClN3O3. The Hall–Kier alpha value is -2.99. The Morgan fingerprint density at radius 1 is 1.19 bits per heavy atom. The molecule has 134 valence electrons. The van der Waals surface area contributed by atoms with Crippen LogP contribution in [0.4, 0.5) is 5.69 Å². The van der Waals surface area contributed by atoms with Gasteiger partial charge in [-0.05, 0) is 55.0 Å². The largest absolute Gasteiger partial charge is 0.495 e. The van der Waals surface area contributed by atoms with Crippen LogP contribution in [0.5, 0.6) is 11.5 Å². The van der Waals surface area contributed by atoms with Crippen molar-refractivity contribution in [3.05, 3.63) is 71.0 Å². The molecule has 1 heterocycles. The lowest BCUT2D eigenvalue weighted by atomic mass is 10.2. The Morgan fingerprint density at radius 2 is 1.96 bits per heavy atom. The smallest absolute Gasteiger partial charge is 0.276 e. The third-order valence-electron chi connectivity index (χ3n) is 3.65. The minimum absolute atomic E-state index is 0.183. The van der Waals surface area contributed by atoms with Crippen molar-refractivity contribution in [2.24, 2.45) is 0 Å². The second kappa shape index (κ2) is 7.93. The van der Waals surface area contributed by atoms with Gasteiger partial charge in [0.15, 0.2) is 12.4 Å². The quantitative estimate of drug-likeness (QED) is 0.707. The molecule has 0 saturated carbocycles. The number of anilines is 1. The molecule has 0 bridgehead atoms. The maximum absolute atomic E-state index is 12.4. The van der Waals surface area contributed by atoms with Crippen LogP contribution >= 0.6 is 11.6 Å². The van der Waals surface area contributed by atoms with Crippen molar-refractivity contribution in [2.45, 2.75) is 13.7 Å². The van der Waals surface area contributed by atoms with Crippen LogP contribution in [0, 0.1) is 6.92 Å². The van der Waals surface area contributed by atoms with Crippen molar-refractivity contribution in [2.75, 3.05) is 12.4 Å². The number of carbonyl (C=O) groups excluding carboxylic acids is 1. The van der Waals surface area contributed by atoms with Crippen LogP contribution in [0.2, 0.25) is 5.02 Å². The van der Waals surface area contributed by atoms with E-state index in [0.29, 0.717) is 22.2 Å². The van der Waals surface area contributed by atoms with Gasteiger partial charge in [0.05, 0.1) is 12.8 Å². The van der Waals surface area contributed by atoms with E-state index < -0.39 is 0 Å². The number of halogens is 1. The van der Waals surface area contributed by atoms with E-state index in [0.717, 1.165) is 5.56 Å². The van der Waals surface area contributed by atoms with Crippen LogP contribution in [-0.2, 0) is 6.73 Å². The van der Waals surface area contributed by atoms with Gasteiger partial charge in [-0.1, -0.05) is 17.7 Å². The van der Waals surface area contributed by atoms with Crippen LogP contribution in [0.3, 0.4) is 0 Å². The molecule has 0 radical (unpaired) electrons. The van der Waals surface area contributed by atoms with Gasteiger partial charge >= 0.3 is 0 Å². The molecule has 0 unspecified atom stereocenters. The topological polar surface area (TPSA) is 65.4 Å². The van der Waals surface area contributed by atoms with Gasteiger partial charge in [0.1, 0.15) is 11.5 Å². The van der Waals surface area contributed by atoms with E-state index in [1.54, 1.807) is 43.6 Å². The Labute approximate surface area is 156 Å². The third-order valence-corrected chi connectivity index (χ3v) is 3.91. The van der Waals surface area contributed by atoms with Crippen molar-refractivity contribution < 1.29 is 14.3 Å². The first-order valence-corrected chi connectivity index (χ1v) is 8.31. The first-order chi connectivity index (χ1) is 12.5. The van der Waals surface area contributed by atoms with E-state index in [-0.39, 0.29) is 18.3 Å². The molecule has 2 aromatic carbocycles. The number of nitrogens with one attached hydrogen (secondary N) is 1. The van der Waals surface area contributed by atoms with Crippen LogP contribution in [0.1, 0.15) is 16.1 Å². The summed E-state index contributed by atoms with van der Waals surface area (Å²) in [4.78, 5) is 12.4. The fourth-order valence-electron chi connectivity index (χ4n) is 2.33. The molecule has 0 fully saturated rings. The molecule has 3 rings (SSSR count). The summed E-state index contributed by atoms with van der Waals surface area (Å²) in [7, 11) is 1.56. The highest BCUT2D eigenvalue weighted by Crippen LogP contribution is 2.25. The standard InChI is InChI=1S/C19H18ClN3O3/c1-13-3-8-18(25-2)17(11-13)21-19(24)16-9-10-23(22-16)12-26-15-6-4-14(20)5-7-15/h3-11H,12H2,1-2H3,(H,21,24). The lowest BCUT2D eigenvalue weighted by Gasteiger charge is -2.10. The van der Waals surface area contributed by atoms with Crippen LogP contribution < -0.4 is 14.8 Å². The highest BCUT2D eigenvalue weighted by atomic mass is 35.5. The zero-order valence-electron chi connectivity index (χ0n) is 14.4. The predicted octanol–water partition coefficient (Wildman–Crippen LogP) is 4.14.